The van der Waals surface area contributed by atoms with Crippen LogP contribution in [0.25, 0.3) is 0 Å². The van der Waals surface area contributed by atoms with Crippen LogP contribution in [0.2, 0.25) is 0 Å². The molecule has 1 aromatic rings. The molecule has 0 aromatic heterocycles. The number of hydrogen-bond acceptors (Lipinski definition) is 4. The van der Waals surface area contributed by atoms with Gasteiger partial charge in [0.15, 0.2) is 9.84 Å². The zero-order valence-corrected chi connectivity index (χ0v) is 14.1. The van der Waals surface area contributed by atoms with E-state index in [0.717, 1.165) is 25.8 Å². The largest absolute Gasteiger partial charge is 0.311 e. The molecule has 0 heterocycles. The molecule has 116 valence electrons. The van der Waals surface area contributed by atoms with Gasteiger partial charge in [0.1, 0.15) is 0 Å². The maximum atomic E-state index is 11.8. The highest BCUT2D eigenvalue weighted by Crippen LogP contribution is 2.51. The molecule has 2 aliphatic rings. The number of sulfone groups is 1. The zero-order valence-electron chi connectivity index (χ0n) is 12.4. The molecule has 0 spiro atoms. The van der Waals surface area contributed by atoms with Gasteiger partial charge in [-0.15, -0.1) is 11.8 Å². The Hall–Kier alpha value is -0.520. The monoisotopic (exact) mass is 325 g/mol. The summed E-state index contributed by atoms with van der Waals surface area (Å²) in [7, 11) is -2.93. The van der Waals surface area contributed by atoms with Gasteiger partial charge >= 0.3 is 0 Å². The molecule has 2 saturated carbocycles. The van der Waals surface area contributed by atoms with Crippen LogP contribution in [0.4, 0.5) is 0 Å². The number of nitrogens with one attached hydrogen (secondary N) is 1. The summed E-state index contributed by atoms with van der Waals surface area (Å²) >= 11 is 1.94. The Morgan fingerprint density at radius 1 is 1.24 bits per heavy atom. The third-order valence-corrected chi connectivity index (χ3v) is 7.73. The van der Waals surface area contributed by atoms with Gasteiger partial charge in [-0.05, 0) is 37.8 Å². The Labute approximate surface area is 131 Å². The van der Waals surface area contributed by atoms with E-state index in [1.165, 1.54) is 24.0 Å². The first kappa shape index (κ1) is 15.4. The van der Waals surface area contributed by atoms with E-state index in [4.69, 9.17) is 0 Å². The molecular weight excluding hydrogens is 302 g/mol. The van der Waals surface area contributed by atoms with E-state index in [-0.39, 0.29) is 16.0 Å². The lowest BCUT2D eigenvalue weighted by molar-refractivity contribution is 0.503. The van der Waals surface area contributed by atoms with Gasteiger partial charge < -0.3 is 5.32 Å². The SMILES string of the molecule is CS(=O)(=O)[C@@H]1CCC[C@@H]1NCC1(Sc2ccccc2)CC1. The highest BCUT2D eigenvalue weighted by molar-refractivity contribution is 8.01. The molecular formula is C16H23NO2S2. The summed E-state index contributed by atoms with van der Waals surface area (Å²) in [5.41, 5.74) is 0. The molecule has 2 fully saturated rings. The number of rotatable bonds is 6. The van der Waals surface area contributed by atoms with Crippen molar-refractivity contribution in [2.24, 2.45) is 0 Å². The van der Waals surface area contributed by atoms with Crippen molar-refractivity contribution in [3.63, 3.8) is 0 Å². The molecule has 3 rings (SSSR count). The van der Waals surface area contributed by atoms with E-state index in [1.807, 2.05) is 17.8 Å². The van der Waals surface area contributed by atoms with E-state index in [0.29, 0.717) is 0 Å². The molecule has 21 heavy (non-hydrogen) atoms. The minimum Gasteiger partial charge on any atom is -0.311 e. The summed E-state index contributed by atoms with van der Waals surface area (Å²) in [6.07, 6.45) is 6.64. The molecule has 2 atom stereocenters. The van der Waals surface area contributed by atoms with Crippen LogP contribution in [-0.4, -0.2) is 37.3 Å². The lowest BCUT2D eigenvalue weighted by Crippen LogP contribution is -2.43. The second-order valence-electron chi connectivity index (χ2n) is 6.38. The van der Waals surface area contributed by atoms with Crippen LogP contribution in [-0.2, 0) is 9.84 Å². The number of benzene rings is 1. The molecule has 0 unspecified atom stereocenters. The van der Waals surface area contributed by atoms with Gasteiger partial charge in [-0.25, -0.2) is 8.42 Å². The van der Waals surface area contributed by atoms with Crippen molar-refractivity contribution >= 4 is 21.6 Å². The Balaban J connectivity index is 1.57. The first-order chi connectivity index (χ1) is 9.99. The van der Waals surface area contributed by atoms with E-state index in [1.54, 1.807) is 0 Å². The predicted octanol–water partition coefficient (Wildman–Crippen LogP) is 2.87. The molecule has 0 bridgehead atoms. The van der Waals surface area contributed by atoms with Crippen molar-refractivity contribution in [2.75, 3.05) is 12.8 Å². The molecule has 1 aromatic carbocycles. The Bertz CT molecular complexity index is 582. The van der Waals surface area contributed by atoms with Crippen LogP contribution < -0.4 is 5.32 Å². The van der Waals surface area contributed by atoms with Gasteiger partial charge in [0.2, 0.25) is 0 Å². The topological polar surface area (TPSA) is 46.2 Å². The summed E-state index contributed by atoms with van der Waals surface area (Å²) in [6, 6.07) is 10.6. The summed E-state index contributed by atoms with van der Waals surface area (Å²) < 4.78 is 23.9. The predicted molar refractivity (Wildman–Crippen MR) is 88.5 cm³/mol. The molecule has 0 saturated heterocycles. The van der Waals surface area contributed by atoms with Gasteiger partial charge in [0.05, 0.1) is 5.25 Å². The summed E-state index contributed by atoms with van der Waals surface area (Å²) in [5, 5.41) is 3.38. The van der Waals surface area contributed by atoms with Crippen LogP contribution in [0.5, 0.6) is 0 Å². The van der Waals surface area contributed by atoms with Crippen LogP contribution in [0.3, 0.4) is 0 Å². The average molecular weight is 325 g/mol. The van der Waals surface area contributed by atoms with Crippen molar-refractivity contribution in [2.45, 2.75) is 53.0 Å². The number of hydrogen-bond donors (Lipinski definition) is 1. The Kier molecular flexibility index (Phi) is 4.35. The van der Waals surface area contributed by atoms with Crippen molar-refractivity contribution < 1.29 is 8.42 Å². The molecule has 5 heteroatoms. The summed E-state index contributed by atoms with van der Waals surface area (Å²) in [5.74, 6) is 0. The molecule has 0 aliphatic heterocycles. The van der Waals surface area contributed by atoms with Gasteiger partial charge in [-0.2, -0.15) is 0 Å². The van der Waals surface area contributed by atoms with E-state index < -0.39 is 9.84 Å². The number of thioether (sulfide) groups is 1. The molecule has 2 aliphatic carbocycles. The quantitative estimate of drug-likeness (QED) is 0.873. The van der Waals surface area contributed by atoms with Crippen molar-refractivity contribution in [3.05, 3.63) is 30.3 Å². The van der Waals surface area contributed by atoms with Crippen molar-refractivity contribution in [1.82, 2.24) is 5.32 Å². The maximum absolute atomic E-state index is 11.8. The van der Waals surface area contributed by atoms with Gasteiger partial charge in [0, 0.05) is 28.5 Å². The molecule has 0 radical (unpaired) electrons. The summed E-state index contributed by atoms with van der Waals surface area (Å²) in [6.45, 7) is 0.920. The smallest absolute Gasteiger partial charge is 0.151 e. The lowest BCUT2D eigenvalue weighted by Gasteiger charge is -2.23. The highest BCUT2D eigenvalue weighted by Gasteiger charge is 2.45. The van der Waals surface area contributed by atoms with E-state index in [9.17, 15) is 8.42 Å². The maximum Gasteiger partial charge on any atom is 0.151 e. The van der Waals surface area contributed by atoms with Gasteiger partial charge in [-0.1, -0.05) is 24.6 Å². The molecule has 1 N–H and O–H groups in total. The summed E-state index contributed by atoms with van der Waals surface area (Å²) in [4.78, 5) is 1.31. The molecule has 3 nitrogen and oxygen atoms in total. The lowest BCUT2D eigenvalue weighted by atomic mass is 10.2. The van der Waals surface area contributed by atoms with Crippen LogP contribution in [0.1, 0.15) is 32.1 Å². The van der Waals surface area contributed by atoms with Crippen LogP contribution >= 0.6 is 11.8 Å². The van der Waals surface area contributed by atoms with Crippen LogP contribution in [0.15, 0.2) is 35.2 Å². The third-order valence-electron chi connectivity index (χ3n) is 4.57. The Morgan fingerprint density at radius 2 is 1.95 bits per heavy atom. The highest BCUT2D eigenvalue weighted by atomic mass is 32.2. The van der Waals surface area contributed by atoms with Crippen molar-refractivity contribution in [1.29, 1.82) is 0 Å². The second kappa shape index (κ2) is 5.94. The fourth-order valence-corrected chi connectivity index (χ4v) is 5.86. The normalized spacial score (nSPS) is 27.7. The Morgan fingerprint density at radius 3 is 2.57 bits per heavy atom. The molecule has 0 amide bonds. The minimum atomic E-state index is -2.93. The first-order valence-corrected chi connectivity index (χ1v) is 10.4. The second-order valence-corrected chi connectivity index (χ2v) is 10.2. The standard InChI is InChI=1S/C16H23NO2S2/c1-21(18,19)15-9-5-8-14(15)17-12-16(10-11-16)20-13-6-3-2-4-7-13/h2-4,6-7,14-15,17H,5,8-12H2,1H3/t14-,15+/m0/s1. The average Bonchev–Trinajstić information content (AvgIpc) is 3.02. The van der Waals surface area contributed by atoms with E-state index in [2.05, 4.69) is 29.6 Å². The fourth-order valence-electron chi connectivity index (χ4n) is 3.18. The fraction of sp³-hybridized carbons (Fsp3) is 0.625. The van der Waals surface area contributed by atoms with E-state index >= 15 is 0 Å². The first-order valence-electron chi connectivity index (χ1n) is 7.65. The third kappa shape index (κ3) is 3.82. The van der Waals surface area contributed by atoms with Crippen LogP contribution in [0, 0.1) is 0 Å². The minimum absolute atomic E-state index is 0.147. The zero-order chi connectivity index (χ0) is 14.9. The van der Waals surface area contributed by atoms with Gasteiger partial charge in [-0.3, -0.25) is 0 Å². The van der Waals surface area contributed by atoms with Crippen molar-refractivity contribution in [3.8, 4) is 0 Å². The van der Waals surface area contributed by atoms with Gasteiger partial charge in [0.25, 0.3) is 0 Å².